The van der Waals surface area contributed by atoms with Crippen LogP contribution in [0.1, 0.15) is 5.56 Å². The van der Waals surface area contributed by atoms with Gasteiger partial charge < -0.3 is 19.7 Å². The van der Waals surface area contributed by atoms with Gasteiger partial charge in [-0.2, -0.15) is 4.98 Å². The lowest BCUT2D eigenvalue weighted by Crippen LogP contribution is -2.43. The summed E-state index contributed by atoms with van der Waals surface area (Å²) in [4.78, 5) is 10.8. The van der Waals surface area contributed by atoms with Crippen LogP contribution in [0.4, 0.5) is 10.2 Å². The van der Waals surface area contributed by atoms with Gasteiger partial charge in [-0.1, -0.05) is 0 Å². The first-order chi connectivity index (χ1) is 11.3. The Morgan fingerprint density at radius 3 is 2.87 bits per heavy atom. The molecule has 6 nitrogen and oxygen atoms in total. The number of ether oxygens (including phenoxy) is 2. The molecule has 1 aliphatic heterocycles. The lowest BCUT2D eigenvalue weighted by atomic mass is 10.2. The molecule has 0 bridgehead atoms. The summed E-state index contributed by atoms with van der Waals surface area (Å²) < 4.78 is 24.2. The molecule has 0 amide bonds. The number of hydrogen-bond donors (Lipinski definition) is 1. The summed E-state index contributed by atoms with van der Waals surface area (Å²) in [7, 11) is 1.54. The standard InChI is InChI=1S/C16H19FN4O2/c1-22-14-3-2-13(17)8-12(14)11-23-16-10-19-9-15(20-16)21-6-4-18-5-7-21/h2-3,8-10,18H,4-7,11H2,1H3. The molecule has 0 atom stereocenters. The smallest absolute Gasteiger partial charge is 0.234 e. The first kappa shape index (κ1) is 15.5. The van der Waals surface area contributed by atoms with E-state index in [-0.39, 0.29) is 12.4 Å². The van der Waals surface area contributed by atoms with Gasteiger partial charge >= 0.3 is 0 Å². The Bertz CT molecular complexity index is 662. The van der Waals surface area contributed by atoms with Gasteiger partial charge in [-0.15, -0.1) is 0 Å². The first-order valence-electron chi connectivity index (χ1n) is 7.49. The van der Waals surface area contributed by atoms with Gasteiger partial charge in [0.05, 0.1) is 19.5 Å². The fourth-order valence-electron chi connectivity index (χ4n) is 2.47. The molecule has 7 heteroatoms. The van der Waals surface area contributed by atoms with Crippen LogP contribution in [0.5, 0.6) is 11.6 Å². The predicted octanol–water partition coefficient (Wildman–Crippen LogP) is 1.61. The summed E-state index contributed by atoms with van der Waals surface area (Å²) in [5.74, 6) is 1.45. The van der Waals surface area contributed by atoms with Crippen LogP contribution in [0.3, 0.4) is 0 Å². The molecule has 2 aromatic rings. The highest BCUT2D eigenvalue weighted by atomic mass is 19.1. The minimum Gasteiger partial charge on any atom is -0.496 e. The van der Waals surface area contributed by atoms with Gasteiger partial charge in [0.25, 0.3) is 0 Å². The van der Waals surface area contributed by atoms with Gasteiger partial charge in [-0.25, -0.2) is 4.39 Å². The second kappa shape index (κ2) is 7.23. The van der Waals surface area contributed by atoms with Crippen LogP contribution >= 0.6 is 0 Å². The predicted molar refractivity (Wildman–Crippen MR) is 84.4 cm³/mol. The number of aromatic nitrogens is 2. The molecule has 1 N–H and O–H groups in total. The highest BCUT2D eigenvalue weighted by Gasteiger charge is 2.13. The molecule has 1 aliphatic rings. The van der Waals surface area contributed by atoms with Crippen molar-refractivity contribution in [1.82, 2.24) is 15.3 Å². The molecule has 1 fully saturated rings. The van der Waals surface area contributed by atoms with Crippen molar-refractivity contribution in [3.63, 3.8) is 0 Å². The van der Waals surface area contributed by atoms with Gasteiger partial charge in [-0.05, 0) is 18.2 Å². The average molecular weight is 318 g/mol. The Labute approximate surface area is 134 Å². The lowest BCUT2D eigenvalue weighted by molar-refractivity contribution is 0.283. The minimum atomic E-state index is -0.329. The first-order valence-corrected chi connectivity index (χ1v) is 7.49. The number of benzene rings is 1. The molecule has 23 heavy (non-hydrogen) atoms. The molecule has 2 heterocycles. The average Bonchev–Trinajstić information content (AvgIpc) is 2.61. The summed E-state index contributed by atoms with van der Waals surface area (Å²) in [5, 5.41) is 3.29. The number of methoxy groups -OCH3 is 1. The lowest BCUT2D eigenvalue weighted by Gasteiger charge is -2.28. The molecule has 122 valence electrons. The maximum atomic E-state index is 13.4. The largest absolute Gasteiger partial charge is 0.496 e. The number of anilines is 1. The quantitative estimate of drug-likeness (QED) is 0.904. The Kier molecular flexibility index (Phi) is 4.87. The van der Waals surface area contributed by atoms with Crippen molar-refractivity contribution in [3.8, 4) is 11.6 Å². The Morgan fingerprint density at radius 2 is 2.09 bits per heavy atom. The zero-order valence-corrected chi connectivity index (χ0v) is 13.0. The van der Waals surface area contributed by atoms with Crippen LogP contribution in [0.2, 0.25) is 0 Å². The third-order valence-corrected chi connectivity index (χ3v) is 3.66. The number of nitrogens with one attached hydrogen (secondary N) is 1. The number of piperazine rings is 1. The molecule has 0 saturated carbocycles. The highest BCUT2D eigenvalue weighted by molar-refractivity contribution is 5.38. The van der Waals surface area contributed by atoms with Crippen molar-refractivity contribution >= 4 is 5.82 Å². The van der Waals surface area contributed by atoms with E-state index in [0.29, 0.717) is 17.2 Å². The van der Waals surface area contributed by atoms with Crippen LogP contribution in [-0.2, 0) is 6.61 Å². The summed E-state index contributed by atoms with van der Waals surface area (Å²) in [6, 6.07) is 4.33. The molecular formula is C16H19FN4O2. The summed E-state index contributed by atoms with van der Waals surface area (Å²) >= 11 is 0. The maximum absolute atomic E-state index is 13.4. The normalized spacial score (nSPS) is 14.6. The van der Waals surface area contributed by atoms with Crippen molar-refractivity contribution < 1.29 is 13.9 Å². The highest BCUT2D eigenvalue weighted by Crippen LogP contribution is 2.21. The topological polar surface area (TPSA) is 59.5 Å². The van der Waals surface area contributed by atoms with Gasteiger partial charge in [0.2, 0.25) is 5.88 Å². The molecule has 0 spiro atoms. The van der Waals surface area contributed by atoms with E-state index in [1.807, 2.05) is 0 Å². The van der Waals surface area contributed by atoms with E-state index < -0.39 is 0 Å². The zero-order valence-electron chi connectivity index (χ0n) is 13.0. The van der Waals surface area contributed by atoms with Crippen LogP contribution in [0, 0.1) is 5.82 Å². The van der Waals surface area contributed by atoms with Crippen LogP contribution in [0.25, 0.3) is 0 Å². The third-order valence-electron chi connectivity index (χ3n) is 3.66. The Hall–Kier alpha value is -2.41. The SMILES string of the molecule is COc1ccc(F)cc1COc1cncc(N2CCNCC2)n1. The van der Waals surface area contributed by atoms with Gasteiger partial charge in [-0.3, -0.25) is 4.98 Å². The van der Waals surface area contributed by atoms with E-state index in [2.05, 4.69) is 20.2 Å². The molecular weight excluding hydrogens is 299 g/mol. The molecule has 3 rings (SSSR count). The monoisotopic (exact) mass is 318 g/mol. The molecule has 0 radical (unpaired) electrons. The third kappa shape index (κ3) is 3.87. The van der Waals surface area contributed by atoms with E-state index in [0.717, 1.165) is 32.0 Å². The Balaban J connectivity index is 1.70. The summed E-state index contributed by atoms with van der Waals surface area (Å²) in [6.45, 7) is 3.78. The van der Waals surface area contributed by atoms with Gasteiger partial charge in [0, 0.05) is 31.7 Å². The van der Waals surface area contributed by atoms with Gasteiger partial charge in [0.1, 0.15) is 18.2 Å². The van der Waals surface area contributed by atoms with E-state index in [1.54, 1.807) is 25.6 Å². The van der Waals surface area contributed by atoms with Crippen molar-refractivity contribution in [2.75, 3.05) is 38.2 Å². The number of hydrogen-bond acceptors (Lipinski definition) is 6. The summed E-state index contributed by atoms with van der Waals surface area (Å²) in [6.07, 6.45) is 3.28. The van der Waals surface area contributed by atoms with Crippen molar-refractivity contribution in [2.24, 2.45) is 0 Å². The van der Waals surface area contributed by atoms with Gasteiger partial charge in [0.15, 0.2) is 5.82 Å². The fourth-order valence-corrected chi connectivity index (χ4v) is 2.47. The molecule has 1 aromatic carbocycles. The zero-order chi connectivity index (χ0) is 16.1. The van der Waals surface area contributed by atoms with E-state index >= 15 is 0 Å². The molecule has 0 aliphatic carbocycles. The van der Waals surface area contributed by atoms with Crippen LogP contribution in [-0.4, -0.2) is 43.3 Å². The fraction of sp³-hybridized carbons (Fsp3) is 0.375. The second-order valence-electron chi connectivity index (χ2n) is 5.20. The van der Waals surface area contributed by atoms with E-state index in [4.69, 9.17) is 9.47 Å². The molecule has 1 aromatic heterocycles. The Morgan fingerprint density at radius 1 is 1.26 bits per heavy atom. The number of halogens is 1. The van der Waals surface area contributed by atoms with Crippen molar-refractivity contribution in [3.05, 3.63) is 42.0 Å². The van der Waals surface area contributed by atoms with Crippen LogP contribution < -0.4 is 19.7 Å². The maximum Gasteiger partial charge on any atom is 0.234 e. The number of rotatable bonds is 5. The van der Waals surface area contributed by atoms with Crippen molar-refractivity contribution in [2.45, 2.75) is 6.61 Å². The van der Waals surface area contributed by atoms with Crippen LogP contribution in [0.15, 0.2) is 30.6 Å². The van der Waals surface area contributed by atoms with E-state index in [1.165, 1.54) is 12.1 Å². The number of nitrogens with zero attached hydrogens (tertiary/aromatic N) is 3. The van der Waals surface area contributed by atoms with Crippen molar-refractivity contribution in [1.29, 1.82) is 0 Å². The molecule has 0 unspecified atom stereocenters. The summed E-state index contributed by atoms with van der Waals surface area (Å²) in [5.41, 5.74) is 0.627. The second-order valence-corrected chi connectivity index (χ2v) is 5.20. The van der Waals surface area contributed by atoms with E-state index in [9.17, 15) is 4.39 Å². The molecule has 1 saturated heterocycles. The minimum absolute atomic E-state index is 0.167.